The van der Waals surface area contributed by atoms with Crippen LogP contribution in [0.15, 0.2) is 61.2 Å². The maximum atomic E-state index is 11.5. The zero-order chi connectivity index (χ0) is 13.7. The SMILES string of the molecule is C=C(C)c1ccc(OC(=O)Oc2ccccc2)cc1. The minimum atomic E-state index is -0.755. The molecule has 0 aliphatic rings. The lowest BCUT2D eigenvalue weighted by Crippen LogP contribution is -2.13. The molecule has 3 nitrogen and oxygen atoms in total. The van der Waals surface area contributed by atoms with E-state index in [4.69, 9.17) is 9.47 Å². The van der Waals surface area contributed by atoms with Crippen molar-refractivity contribution in [3.05, 3.63) is 66.7 Å². The van der Waals surface area contributed by atoms with Crippen LogP contribution in [-0.2, 0) is 0 Å². The van der Waals surface area contributed by atoms with Gasteiger partial charge in [-0.25, -0.2) is 4.79 Å². The number of hydrogen-bond donors (Lipinski definition) is 0. The molecule has 0 bridgehead atoms. The van der Waals surface area contributed by atoms with Crippen molar-refractivity contribution in [3.63, 3.8) is 0 Å². The number of rotatable bonds is 3. The van der Waals surface area contributed by atoms with Crippen LogP contribution < -0.4 is 9.47 Å². The lowest BCUT2D eigenvalue weighted by atomic mass is 10.1. The van der Waals surface area contributed by atoms with Crippen LogP contribution in [-0.4, -0.2) is 6.16 Å². The normalized spacial score (nSPS) is 9.74. The molecule has 0 spiro atoms. The molecule has 0 heterocycles. The highest BCUT2D eigenvalue weighted by molar-refractivity contribution is 5.68. The molecule has 2 rings (SSSR count). The van der Waals surface area contributed by atoms with Gasteiger partial charge in [0.05, 0.1) is 0 Å². The van der Waals surface area contributed by atoms with Gasteiger partial charge < -0.3 is 9.47 Å². The standard InChI is InChI=1S/C16H14O3/c1-12(2)13-8-10-15(11-9-13)19-16(17)18-14-6-4-3-5-7-14/h3-11H,1H2,2H3. The number of benzene rings is 2. The van der Waals surface area contributed by atoms with Gasteiger partial charge in [-0.05, 0) is 36.8 Å². The first kappa shape index (κ1) is 12.9. The number of carbonyl (C=O) groups is 1. The second-order valence-corrected chi connectivity index (χ2v) is 4.07. The molecule has 0 radical (unpaired) electrons. The van der Waals surface area contributed by atoms with Crippen molar-refractivity contribution in [1.82, 2.24) is 0 Å². The molecule has 96 valence electrons. The molecule has 2 aromatic carbocycles. The summed E-state index contributed by atoms with van der Waals surface area (Å²) in [6.45, 7) is 5.76. The summed E-state index contributed by atoms with van der Waals surface area (Å²) in [5, 5.41) is 0. The van der Waals surface area contributed by atoms with Crippen LogP contribution in [0.25, 0.3) is 5.57 Å². The number of para-hydroxylation sites is 1. The molecule has 0 aliphatic heterocycles. The fraction of sp³-hybridized carbons (Fsp3) is 0.0625. The van der Waals surface area contributed by atoms with Gasteiger partial charge in [-0.3, -0.25) is 0 Å². The van der Waals surface area contributed by atoms with Crippen LogP contribution in [0.4, 0.5) is 4.79 Å². The summed E-state index contributed by atoms with van der Waals surface area (Å²) in [6, 6.07) is 15.9. The van der Waals surface area contributed by atoms with Crippen molar-refractivity contribution >= 4 is 11.7 Å². The molecule has 19 heavy (non-hydrogen) atoms. The molecule has 0 atom stereocenters. The van der Waals surface area contributed by atoms with Crippen molar-refractivity contribution in [1.29, 1.82) is 0 Å². The molecule has 0 unspecified atom stereocenters. The van der Waals surface area contributed by atoms with E-state index in [1.807, 2.05) is 25.1 Å². The Morgan fingerprint density at radius 3 is 1.95 bits per heavy atom. The Labute approximate surface area is 112 Å². The molecule has 0 saturated carbocycles. The smallest absolute Gasteiger partial charge is 0.395 e. The van der Waals surface area contributed by atoms with Gasteiger partial charge in [-0.15, -0.1) is 0 Å². The Morgan fingerprint density at radius 1 is 0.895 bits per heavy atom. The van der Waals surface area contributed by atoms with Crippen LogP contribution in [0.2, 0.25) is 0 Å². The predicted octanol–water partition coefficient (Wildman–Crippen LogP) is 4.30. The molecular formula is C16H14O3. The monoisotopic (exact) mass is 254 g/mol. The summed E-state index contributed by atoms with van der Waals surface area (Å²) < 4.78 is 10.1. The largest absolute Gasteiger partial charge is 0.519 e. The fourth-order valence-electron chi connectivity index (χ4n) is 1.51. The molecule has 2 aromatic rings. The minimum absolute atomic E-state index is 0.436. The molecule has 0 saturated heterocycles. The quantitative estimate of drug-likeness (QED) is 0.605. The zero-order valence-electron chi connectivity index (χ0n) is 10.6. The Balaban J connectivity index is 1.97. The van der Waals surface area contributed by atoms with Crippen LogP contribution in [0.1, 0.15) is 12.5 Å². The van der Waals surface area contributed by atoms with Gasteiger partial charge in [0.15, 0.2) is 0 Å². The zero-order valence-corrected chi connectivity index (χ0v) is 10.6. The van der Waals surface area contributed by atoms with Crippen LogP contribution >= 0.6 is 0 Å². The van der Waals surface area contributed by atoms with Crippen LogP contribution in [0, 0.1) is 0 Å². The second kappa shape index (κ2) is 5.87. The highest BCUT2D eigenvalue weighted by Gasteiger charge is 2.07. The van der Waals surface area contributed by atoms with E-state index in [2.05, 4.69) is 6.58 Å². The topological polar surface area (TPSA) is 35.5 Å². The van der Waals surface area contributed by atoms with E-state index < -0.39 is 6.16 Å². The summed E-state index contributed by atoms with van der Waals surface area (Å²) in [6.07, 6.45) is -0.755. The average Bonchev–Trinajstić information content (AvgIpc) is 2.40. The first-order valence-electron chi connectivity index (χ1n) is 5.86. The second-order valence-electron chi connectivity index (χ2n) is 4.07. The number of allylic oxidation sites excluding steroid dienone is 1. The molecule has 0 amide bonds. The van der Waals surface area contributed by atoms with E-state index in [0.29, 0.717) is 11.5 Å². The van der Waals surface area contributed by atoms with Crippen molar-refractivity contribution in [3.8, 4) is 11.5 Å². The van der Waals surface area contributed by atoms with Crippen molar-refractivity contribution in [2.45, 2.75) is 6.92 Å². The van der Waals surface area contributed by atoms with Crippen molar-refractivity contribution < 1.29 is 14.3 Å². The van der Waals surface area contributed by atoms with E-state index in [1.54, 1.807) is 36.4 Å². The summed E-state index contributed by atoms with van der Waals surface area (Å²) in [4.78, 5) is 11.5. The lowest BCUT2D eigenvalue weighted by Gasteiger charge is -2.06. The van der Waals surface area contributed by atoms with Crippen molar-refractivity contribution in [2.75, 3.05) is 0 Å². The molecule has 0 aliphatic carbocycles. The fourth-order valence-corrected chi connectivity index (χ4v) is 1.51. The van der Waals surface area contributed by atoms with Gasteiger partial charge in [0.25, 0.3) is 0 Å². The molecule has 0 N–H and O–H groups in total. The van der Waals surface area contributed by atoms with Crippen LogP contribution in [0.5, 0.6) is 11.5 Å². The maximum Gasteiger partial charge on any atom is 0.519 e. The molecular weight excluding hydrogens is 240 g/mol. The maximum absolute atomic E-state index is 11.5. The Morgan fingerprint density at radius 2 is 1.42 bits per heavy atom. The lowest BCUT2D eigenvalue weighted by molar-refractivity contribution is 0.152. The van der Waals surface area contributed by atoms with E-state index in [0.717, 1.165) is 11.1 Å². The Hall–Kier alpha value is -2.55. The highest BCUT2D eigenvalue weighted by Crippen LogP contribution is 2.18. The molecule has 0 aromatic heterocycles. The molecule has 3 heteroatoms. The van der Waals surface area contributed by atoms with Gasteiger partial charge >= 0.3 is 6.16 Å². The summed E-state index contributed by atoms with van der Waals surface area (Å²) in [5.41, 5.74) is 1.96. The predicted molar refractivity (Wildman–Crippen MR) is 74.2 cm³/mol. The summed E-state index contributed by atoms with van der Waals surface area (Å²) in [7, 11) is 0. The third kappa shape index (κ3) is 3.71. The van der Waals surface area contributed by atoms with Crippen molar-refractivity contribution in [2.24, 2.45) is 0 Å². The number of carbonyl (C=O) groups excluding carboxylic acids is 1. The van der Waals surface area contributed by atoms with E-state index in [9.17, 15) is 4.79 Å². The summed E-state index contributed by atoms with van der Waals surface area (Å²) >= 11 is 0. The van der Waals surface area contributed by atoms with Gasteiger partial charge in [0.1, 0.15) is 11.5 Å². The Kier molecular flexibility index (Phi) is 3.98. The van der Waals surface area contributed by atoms with E-state index in [1.165, 1.54) is 0 Å². The van der Waals surface area contributed by atoms with Gasteiger partial charge in [-0.1, -0.05) is 42.5 Å². The van der Waals surface area contributed by atoms with E-state index in [-0.39, 0.29) is 0 Å². The average molecular weight is 254 g/mol. The number of ether oxygens (including phenoxy) is 2. The van der Waals surface area contributed by atoms with Gasteiger partial charge in [0.2, 0.25) is 0 Å². The number of hydrogen-bond acceptors (Lipinski definition) is 3. The van der Waals surface area contributed by atoms with Gasteiger partial charge in [0, 0.05) is 0 Å². The van der Waals surface area contributed by atoms with Crippen LogP contribution in [0.3, 0.4) is 0 Å². The highest BCUT2D eigenvalue weighted by atomic mass is 16.7. The Bertz CT molecular complexity index is 571. The first-order valence-corrected chi connectivity index (χ1v) is 5.86. The third-order valence-electron chi connectivity index (χ3n) is 2.49. The van der Waals surface area contributed by atoms with E-state index >= 15 is 0 Å². The van der Waals surface area contributed by atoms with Gasteiger partial charge in [-0.2, -0.15) is 0 Å². The summed E-state index contributed by atoms with van der Waals surface area (Å²) in [5.74, 6) is 0.886. The minimum Gasteiger partial charge on any atom is -0.395 e. The molecule has 0 fully saturated rings. The third-order valence-corrected chi connectivity index (χ3v) is 2.49. The first-order chi connectivity index (χ1) is 9.15.